The lowest BCUT2D eigenvalue weighted by atomic mass is 9.96. The molecule has 0 aromatic carbocycles. The van der Waals surface area contributed by atoms with Crippen molar-refractivity contribution < 1.29 is 14.4 Å². The van der Waals surface area contributed by atoms with Gasteiger partial charge in [0, 0.05) is 13.0 Å². The highest BCUT2D eigenvalue weighted by molar-refractivity contribution is 5.92. The Bertz CT molecular complexity index is 368. The van der Waals surface area contributed by atoms with Crippen molar-refractivity contribution in [2.45, 2.75) is 59.0 Å². The van der Waals surface area contributed by atoms with Crippen LogP contribution in [0.3, 0.4) is 0 Å². The number of rotatable bonds is 5. The van der Waals surface area contributed by atoms with Gasteiger partial charge in [-0.05, 0) is 26.2 Å². The molecule has 2 amide bonds. The van der Waals surface area contributed by atoms with Crippen molar-refractivity contribution in [2.24, 2.45) is 5.92 Å². The molecule has 1 aliphatic rings. The standard InChI is InChI=1S/C14H24N2O3/c1-5-11-7-8-16(12(18)6-2)13(11)14(19)15-9(3)10(4)17/h9,11,13H,5-8H2,1-4H3,(H,15,19). The lowest BCUT2D eigenvalue weighted by molar-refractivity contribution is -0.140. The number of hydrogen-bond donors (Lipinski definition) is 1. The van der Waals surface area contributed by atoms with Crippen LogP contribution in [0.5, 0.6) is 0 Å². The molecule has 108 valence electrons. The van der Waals surface area contributed by atoms with E-state index in [0.717, 1.165) is 12.8 Å². The first-order chi connectivity index (χ1) is 8.92. The quantitative estimate of drug-likeness (QED) is 0.812. The van der Waals surface area contributed by atoms with Gasteiger partial charge in [0.1, 0.15) is 6.04 Å². The predicted octanol–water partition coefficient (Wildman–Crippen LogP) is 1.12. The number of carbonyl (C=O) groups excluding carboxylic acids is 3. The molecule has 5 nitrogen and oxygen atoms in total. The van der Waals surface area contributed by atoms with E-state index in [1.807, 2.05) is 6.92 Å². The lowest BCUT2D eigenvalue weighted by Crippen LogP contribution is -2.51. The van der Waals surface area contributed by atoms with Gasteiger partial charge in [0.15, 0.2) is 5.78 Å². The third kappa shape index (κ3) is 3.55. The Morgan fingerprint density at radius 2 is 1.95 bits per heavy atom. The van der Waals surface area contributed by atoms with Gasteiger partial charge in [-0.15, -0.1) is 0 Å². The average molecular weight is 268 g/mol. The van der Waals surface area contributed by atoms with Gasteiger partial charge in [0.05, 0.1) is 6.04 Å². The summed E-state index contributed by atoms with van der Waals surface area (Å²) in [5.74, 6) is -0.0807. The van der Waals surface area contributed by atoms with Crippen molar-refractivity contribution in [2.75, 3.05) is 6.54 Å². The van der Waals surface area contributed by atoms with Crippen LogP contribution in [0, 0.1) is 5.92 Å². The molecule has 0 saturated carbocycles. The number of ketones is 1. The molecule has 19 heavy (non-hydrogen) atoms. The Morgan fingerprint density at radius 1 is 1.32 bits per heavy atom. The van der Waals surface area contributed by atoms with Crippen LogP contribution in [0.4, 0.5) is 0 Å². The van der Waals surface area contributed by atoms with Crippen LogP contribution in [0.1, 0.15) is 47.0 Å². The number of amides is 2. The van der Waals surface area contributed by atoms with E-state index in [1.165, 1.54) is 6.92 Å². The monoisotopic (exact) mass is 268 g/mol. The maximum atomic E-state index is 12.3. The minimum absolute atomic E-state index is 0.00609. The summed E-state index contributed by atoms with van der Waals surface area (Å²) in [6.07, 6.45) is 2.12. The van der Waals surface area contributed by atoms with Gasteiger partial charge >= 0.3 is 0 Å². The Kier molecular flexibility index (Phi) is 5.51. The van der Waals surface area contributed by atoms with E-state index in [0.29, 0.717) is 13.0 Å². The van der Waals surface area contributed by atoms with Crippen LogP contribution in [0.15, 0.2) is 0 Å². The van der Waals surface area contributed by atoms with Crippen molar-refractivity contribution in [3.05, 3.63) is 0 Å². The molecule has 0 radical (unpaired) electrons. The van der Waals surface area contributed by atoms with Crippen LogP contribution in [0.2, 0.25) is 0 Å². The molecule has 3 unspecified atom stereocenters. The first-order valence-corrected chi connectivity index (χ1v) is 7.02. The first-order valence-electron chi connectivity index (χ1n) is 7.02. The van der Waals surface area contributed by atoms with Crippen LogP contribution in [0.25, 0.3) is 0 Å². The summed E-state index contributed by atoms with van der Waals surface area (Å²) in [5, 5.41) is 2.71. The highest BCUT2D eigenvalue weighted by Gasteiger charge is 2.40. The van der Waals surface area contributed by atoms with Gasteiger partial charge in [-0.25, -0.2) is 0 Å². The average Bonchev–Trinajstić information content (AvgIpc) is 2.81. The van der Waals surface area contributed by atoms with E-state index < -0.39 is 12.1 Å². The molecule has 0 aliphatic carbocycles. The van der Waals surface area contributed by atoms with E-state index in [2.05, 4.69) is 5.32 Å². The molecule has 1 saturated heterocycles. The van der Waals surface area contributed by atoms with Crippen molar-refractivity contribution in [1.29, 1.82) is 0 Å². The molecule has 0 bridgehead atoms. The van der Waals surface area contributed by atoms with Gasteiger partial charge in [-0.1, -0.05) is 20.3 Å². The van der Waals surface area contributed by atoms with Gasteiger partial charge in [0.25, 0.3) is 0 Å². The molecular formula is C14H24N2O3. The Morgan fingerprint density at radius 3 is 2.42 bits per heavy atom. The first kappa shape index (κ1) is 15.7. The highest BCUT2D eigenvalue weighted by Crippen LogP contribution is 2.27. The summed E-state index contributed by atoms with van der Waals surface area (Å²) in [5.41, 5.74) is 0. The van der Waals surface area contributed by atoms with Gasteiger partial charge in [-0.3, -0.25) is 14.4 Å². The molecular weight excluding hydrogens is 244 g/mol. The van der Waals surface area contributed by atoms with Crippen molar-refractivity contribution in [3.63, 3.8) is 0 Å². The summed E-state index contributed by atoms with van der Waals surface area (Å²) in [6, 6.07) is -0.913. The molecule has 0 aromatic rings. The van der Waals surface area contributed by atoms with Crippen molar-refractivity contribution in [1.82, 2.24) is 10.2 Å². The Balaban J connectivity index is 2.81. The minimum Gasteiger partial charge on any atom is -0.345 e. The number of likely N-dealkylation sites (tertiary alicyclic amines) is 1. The molecule has 1 N–H and O–H groups in total. The summed E-state index contributed by atoms with van der Waals surface area (Å²) >= 11 is 0. The molecule has 1 heterocycles. The fraction of sp³-hybridized carbons (Fsp3) is 0.786. The van der Waals surface area contributed by atoms with Crippen molar-refractivity contribution in [3.8, 4) is 0 Å². The second-order valence-electron chi connectivity index (χ2n) is 5.18. The number of Topliss-reactive ketones (excluding diaryl/α,β-unsaturated/α-hetero) is 1. The van der Waals surface area contributed by atoms with E-state index in [1.54, 1.807) is 18.7 Å². The minimum atomic E-state index is -0.496. The fourth-order valence-electron chi connectivity index (χ4n) is 2.52. The smallest absolute Gasteiger partial charge is 0.243 e. The largest absolute Gasteiger partial charge is 0.345 e. The summed E-state index contributed by atoms with van der Waals surface area (Å²) in [4.78, 5) is 37.1. The van der Waals surface area contributed by atoms with Gasteiger partial charge < -0.3 is 10.2 Å². The molecule has 3 atom stereocenters. The zero-order chi connectivity index (χ0) is 14.6. The Hall–Kier alpha value is -1.39. The predicted molar refractivity (Wildman–Crippen MR) is 72.5 cm³/mol. The third-order valence-corrected chi connectivity index (χ3v) is 3.91. The van der Waals surface area contributed by atoms with Crippen LogP contribution in [-0.4, -0.2) is 41.1 Å². The topological polar surface area (TPSA) is 66.5 Å². The number of nitrogens with one attached hydrogen (secondary N) is 1. The zero-order valence-electron chi connectivity index (χ0n) is 12.2. The van der Waals surface area contributed by atoms with Crippen LogP contribution < -0.4 is 5.32 Å². The maximum absolute atomic E-state index is 12.3. The third-order valence-electron chi connectivity index (χ3n) is 3.91. The summed E-state index contributed by atoms with van der Waals surface area (Å²) in [6.45, 7) is 7.58. The summed E-state index contributed by atoms with van der Waals surface area (Å²) in [7, 11) is 0. The molecule has 1 aliphatic heterocycles. The number of nitrogens with zero attached hydrogens (tertiary/aromatic N) is 1. The molecule has 1 fully saturated rings. The second-order valence-corrected chi connectivity index (χ2v) is 5.18. The lowest BCUT2D eigenvalue weighted by Gasteiger charge is -2.27. The van der Waals surface area contributed by atoms with E-state index in [4.69, 9.17) is 0 Å². The second kappa shape index (κ2) is 6.68. The van der Waals surface area contributed by atoms with E-state index >= 15 is 0 Å². The molecule has 1 rings (SSSR count). The van der Waals surface area contributed by atoms with Crippen LogP contribution in [-0.2, 0) is 14.4 Å². The van der Waals surface area contributed by atoms with Gasteiger partial charge in [0.2, 0.25) is 11.8 Å². The molecule has 0 aromatic heterocycles. The van der Waals surface area contributed by atoms with Crippen LogP contribution >= 0.6 is 0 Å². The SMILES string of the molecule is CCC(=O)N1CCC(CC)C1C(=O)NC(C)C(C)=O. The number of carbonyl (C=O) groups is 3. The Labute approximate surface area is 114 Å². The zero-order valence-corrected chi connectivity index (χ0v) is 12.2. The van der Waals surface area contributed by atoms with E-state index in [9.17, 15) is 14.4 Å². The van der Waals surface area contributed by atoms with Gasteiger partial charge in [-0.2, -0.15) is 0 Å². The normalized spacial score (nSPS) is 24.1. The molecule has 0 spiro atoms. The summed E-state index contributed by atoms with van der Waals surface area (Å²) < 4.78 is 0. The molecule has 5 heteroatoms. The fourth-order valence-corrected chi connectivity index (χ4v) is 2.52. The number of hydrogen-bond acceptors (Lipinski definition) is 3. The van der Waals surface area contributed by atoms with E-state index in [-0.39, 0.29) is 23.5 Å². The highest BCUT2D eigenvalue weighted by atomic mass is 16.2. The maximum Gasteiger partial charge on any atom is 0.243 e. The van der Waals surface area contributed by atoms with Crippen molar-refractivity contribution >= 4 is 17.6 Å².